The molecule has 0 radical (unpaired) electrons. The minimum Gasteiger partial charge on any atom is -0.444 e. The number of ether oxygens (including phenoxy) is 1. The van der Waals surface area contributed by atoms with Gasteiger partial charge in [0.1, 0.15) is 11.6 Å². The van der Waals surface area contributed by atoms with Gasteiger partial charge in [-0.2, -0.15) is 5.12 Å². The number of carbonyl (C=O) groups excluding carboxylic acids is 2. The molecule has 2 amide bonds. The van der Waals surface area contributed by atoms with E-state index in [1.807, 2.05) is 0 Å². The van der Waals surface area contributed by atoms with Crippen LogP contribution in [0.25, 0.3) is 0 Å². The molecule has 0 aromatic heterocycles. The second-order valence-electron chi connectivity index (χ2n) is 7.42. The molecule has 1 aliphatic heterocycles. The van der Waals surface area contributed by atoms with Crippen molar-refractivity contribution in [1.29, 1.82) is 0 Å². The van der Waals surface area contributed by atoms with Gasteiger partial charge in [-0.3, -0.25) is 9.69 Å². The molecule has 8 heteroatoms. The van der Waals surface area contributed by atoms with Crippen LogP contribution >= 0.6 is 11.6 Å². The average Bonchev–Trinajstić information content (AvgIpc) is 2.97. The van der Waals surface area contributed by atoms with Crippen LogP contribution in [0, 0.1) is 5.92 Å². The second-order valence-corrected chi connectivity index (χ2v) is 7.86. The Hall–Kier alpha value is -1.86. The molecule has 1 heterocycles. The van der Waals surface area contributed by atoms with Crippen molar-refractivity contribution in [1.82, 2.24) is 10.0 Å². The van der Waals surface area contributed by atoms with E-state index in [1.54, 1.807) is 45.0 Å². The van der Waals surface area contributed by atoms with E-state index >= 15 is 0 Å². The molecule has 1 fully saturated rings. The molecule has 1 aromatic carbocycles. The van der Waals surface area contributed by atoms with Crippen LogP contribution in [0.4, 0.5) is 9.28 Å². The van der Waals surface area contributed by atoms with Crippen molar-refractivity contribution in [2.45, 2.75) is 45.4 Å². The zero-order chi connectivity index (χ0) is 19.5. The van der Waals surface area contributed by atoms with Crippen LogP contribution in [-0.2, 0) is 16.1 Å². The number of likely N-dealkylation sites (tertiary alicyclic amines) is 1. The van der Waals surface area contributed by atoms with Crippen molar-refractivity contribution < 1.29 is 23.9 Å². The number of nitrogens with zero attached hydrogens (tertiary/aromatic N) is 2. The molecule has 2 rings (SSSR count). The Kier molecular flexibility index (Phi) is 6.47. The molecular formula is C18H24ClFN2O4. The Morgan fingerprint density at radius 3 is 2.69 bits per heavy atom. The van der Waals surface area contributed by atoms with Crippen LogP contribution in [-0.4, -0.2) is 51.9 Å². The molecule has 2 atom stereocenters. The predicted molar refractivity (Wildman–Crippen MR) is 95.0 cm³/mol. The van der Waals surface area contributed by atoms with Crippen LogP contribution in [0.5, 0.6) is 0 Å². The van der Waals surface area contributed by atoms with Gasteiger partial charge < -0.3 is 9.84 Å². The van der Waals surface area contributed by atoms with Gasteiger partial charge in [0.2, 0.25) is 0 Å². The lowest BCUT2D eigenvalue weighted by Gasteiger charge is -2.28. The topological polar surface area (TPSA) is 70.1 Å². The summed E-state index contributed by atoms with van der Waals surface area (Å²) in [6.07, 6.45) is -0.507. The van der Waals surface area contributed by atoms with Crippen LogP contribution in [0.3, 0.4) is 0 Å². The van der Waals surface area contributed by atoms with Gasteiger partial charge in [-0.25, -0.2) is 4.79 Å². The number of halogens is 2. The van der Waals surface area contributed by atoms with Crippen LogP contribution in [0.1, 0.15) is 32.8 Å². The predicted octanol–water partition coefficient (Wildman–Crippen LogP) is 3.17. The fourth-order valence-electron chi connectivity index (χ4n) is 2.85. The Bertz CT molecular complexity index is 665. The first-order valence-electron chi connectivity index (χ1n) is 8.43. The number of hydrogen-bond donors (Lipinski definition) is 1. The highest BCUT2D eigenvalue weighted by molar-refractivity contribution is 6.30. The molecule has 0 aliphatic carbocycles. The number of hydrogen-bond acceptors (Lipinski definition) is 4. The minimum atomic E-state index is -1.01. The van der Waals surface area contributed by atoms with Crippen molar-refractivity contribution in [2.24, 2.45) is 5.92 Å². The lowest BCUT2D eigenvalue weighted by molar-refractivity contribution is -0.152. The lowest BCUT2D eigenvalue weighted by Crippen LogP contribution is -2.47. The normalized spacial score (nSPS) is 20.2. The summed E-state index contributed by atoms with van der Waals surface area (Å²) in [6.45, 7) is 4.81. The number of benzene rings is 1. The summed E-state index contributed by atoms with van der Waals surface area (Å²) in [5, 5.41) is 9.91. The van der Waals surface area contributed by atoms with E-state index in [4.69, 9.17) is 16.3 Å². The maximum atomic E-state index is 14.5. The van der Waals surface area contributed by atoms with Gasteiger partial charge in [0.25, 0.3) is 5.91 Å². The largest absolute Gasteiger partial charge is 0.444 e. The van der Waals surface area contributed by atoms with Gasteiger partial charge >= 0.3 is 6.09 Å². The zero-order valence-electron chi connectivity index (χ0n) is 15.1. The molecule has 0 saturated carbocycles. The third-order valence-electron chi connectivity index (χ3n) is 4.01. The van der Waals surface area contributed by atoms with Gasteiger partial charge in [-0.1, -0.05) is 28.2 Å². The summed E-state index contributed by atoms with van der Waals surface area (Å²) >= 11 is 5.88. The fraction of sp³-hybridized carbons (Fsp3) is 0.556. The molecule has 144 valence electrons. The van der Waals surface area contributed by atoms with Crippen LogP contribution in [0.15, 0.2) is 24.3 Å². The van der Waals surface area contributed by atoms with Crippen molar-refractivity contribution in [3.63, 3.8) is 0 Å². The fourth-order valence-corrected chi connectivity index (χ4v) is 3.06. The third kappa shape index (κ3) is 5.32. The highest BCUT2D eigenvalue weighted by Gasteiger charge is 2.43. The summed E-state index contributed by atoms with van der Waals surface area (Å²) < 4.78 is 19.8. The Morgan fingerprint density at radius 1 is 1.42 bits per heavy atom. The van der Waals surface area contributed by atoms with Gasteiger partial charge in [0.05, 0.1) is 6.54 Å². The standard InChI is InChI=1S/C18H24ClFN2O4/c1-18(2,3)26-17(25)21-9-13(11-23)8-15(21)16(24)22(20)10-12-5-4-6-14(19)7-12/h4-7,13,15,23H,8-11H2,1-3H3/t13-,15+/m1/s1. The molecule has 6 nitrogen and oxygen atoms in total. The molecule has 0 bridgehead atoms. The number of amides is 2. The Balaban J connectivity index is 2.11. The van der Waals surface area contributed by atoms with Gasteiger partial charge in [0.15, 0.2) is 0 Å². The molecule has 0 unspecified atom stereocenters. The van der Waals surface area contributed by atoms with E-state index in [-0.39, 0.29) is 37.2 Å². The first-order valence-corrected chi connectivity index (χ1v) is 8.80. The molecule has 0 spiro atoms. The van der Waals surface area contributed by atoms with Crippen molar-refractivity contribution >= 4 is 23.6 Å². The summed E-state index contributed by atoms with van der Waals surface area (Å²) in [5.74, 6) is -1.14. The van der Waals surface area contributed by atoms with Gasteiger partial charge in [-0.05, 0) is 44.9 Å². The van der Waals surface area contributed by atoms with Crippen molar-refractivity contribution in [3.05, 3.63) is 34.9 Å². The minimum absolute atomic E-state index is 0.0768. The first-order chi connectivity index (χ1) is 12.1. The van der Waals surface area contributed by atoms with Gasteiger partial charge in [0, 0.05) is 24.1 Å². The summed E-state index contributed by atoms with van der Waals surface area (Å²) in [5.41, 5.74) is -0.202. The van der Waals surface area contributed by atoms with Crippen LogP contribution in [0.2, 0.25) is 5.02 Å². The summed E-state index contributed by atoms with van der Waals surface area (Å²) in [7, 11) is 0. The molecule has 1 aliphatic rings. The maximum Gasteiger partial charge on any atom is 0.410 e. The quantitative estimate of drug-likeness (QED) is 0.807. The second kappa shape index (κ2) is 8.22. The smallest absolute Gasteiger partial charge is 0.410 e. The number of aliphatic hydroxyl groups is 1. The first kappa shape index (κ1) is 20.5. The Labute approximate surface area is 157 Å². The molecule has 1 N–H and O–H groups in total. The van der Waals surface area contributed by atoms with Gasteiger partial charge in [-0.15, -0.1) is 0 Å². The summed E-state index contributed by atoms with van der Waals surface area (Å²) in [6, 6.07) is 5.54. The molecular weight excluding hydrogens is 363 g/mol. The van der Waals surface area contributed by atoms with E-state index in [0.29, 0.717) is 10.6 Å². The van der Waals surface area contributed by atoms with Crippen molar-refractivity contribution in [3.8, 4) is 0 Å². The van der Waals surface area contributed by atoms with E-state index in [9.17, 15) is 19.2 Å². The SMILES string of the molecule is CC(C)(C)OC(=O)N1C[C@H](CO)C[C@H]1C(=O)N(F)Cc1cccc(Cl)c1. The molecule has 1 aromatic rings. The number of rotatable bonds is 4. The maximum absolute atomic E-state index is 14.5. The number of aliphatic hydroxyl groups excluding tert-OH is 1. The highest BCUT2D eigenvalue weighted by atomic mass is 35.5. The van der Waals surface area contributed by atoms with E-state index in [1.165, 1.54) is 4.90 Å². The van der Waals surface area contributed by atoms with Crippen LogP contribution < -0.4 is 0 Å². The third-order valence-corrected chi connectivity index (χ3v) is 4.24. The van der Waals surface area contributed by atoms with E-state index in [0.717, 1.165) is 0 Å². The monoisotopic (exact) mass is 386 g/mol. The van der Waals surface area contributed by atoms with E-state index < -0.39 is 23.6 Å². The van der Waals surface area contributed by atoms with Crippen molar-refractivity contribution in [2.75, 3.05) is 13.2 Å². The Morgan fingerprint density at radius 2 is 2.12 bits per heavy atom. The highest BCUT2D eigenvalue weighted by Crippen LogP contribution is 2.27. The molecule has 26 heavy (non-hydrogen) atoms. The summed E-state index contributed by atoms with van der Waals surface area (Å²) in [4.78, 5) is 26.1. The number of carbonyl (C=O) groups is 2. The lowest BCUT2D eigenvalue weighted by atomic mass is 10.1. The zero-order valence-corrected chi connectivity index (χ0v) is 15.9. The molecule has 1 saturated heterocycles. The average molecular weight is 387 g/mol. The van der Waals surface area contributed by atoms with E-state index in [2.05, 4.69) is 0 Å².